The number of nitrogens with zero attached hydrogens (tertiary/aromatic N) is 3. The zero-order valence-corrected chi connectivity index (χ0v) is 17.3. The van der Waals surface area contributed by atoms with Crippen LogP contribution in [0.15, 0.2) is 11.1 Å². The SMILES string of the molecule is CC(C)(C)C[C@]12CO[C@@H](C1OC(C)(C)C)[C@H](n1cnc3c(=O)[nH]c(N)nc31)O2. The third-order valence-electron chi connectivity index (χ3n) is 5.01. The number of nitrogen functional groups attached to an aromatic ring is 1. The number of ether oxygens (including phenoxy) is 3. The maximum atomic E-state index is 12.1. The van der Waals surface area contributed by atoms with Crippen molar-refractivity contribution in [3.8, 4) is 0 Å². The number of H-pyrrole nitrogens is 1. The average molecular weight is 391 g/mol. The van der Waals surface area contributed by atoms with E-state index in [2.05, 4.69) is 35.7 Å². The maximum absolute atomic E-state index is 12.1. The molecule has 0 aliphatic carbocycles. The van der Waals surface area contributed by atoms with Crippen LogP contribution in [-0.4, -0.2) is 49.5 Å². The molecule has 2 bridgehead atoms. The van der Waals surface area contributed by atoms with Crippen molar-refractivity contribution in [2.24, 2.45) is 5.41 Å². The molecule has 1 unspecified atom stereocenters. The largest absolute Gasteiger partial charge is 0.369 e. The highest BCUT2D eigenvalue weighted by atomic mass is 16.7. The zero-order chi connectivity index (χ0) is 20.5. The van der Waals surface area contributed by atoms with Crippen molar-refractivity contribution in [1.29, 1.82) is 0 Å². The van der Waals surface area contributed by atoms with Crippen LogP contribution in [0.5, 0.6) is 0 Å². The summed E-state index contributed by atoms with van der Waals surface area (Å²) in [5.74, 6) is 0.0372. The van der Waals surface area contributed by atoms with E-state index < -0.39 is 11.8 Å². The van der Waals surface area contributed by atoms with Crippen LogP contribution in [0.25, 0.3) is 11.2 Å². The van der Waals surface area contributed by atoms with E-state index in [1.165, 1.54) is 0 Å². The van der Waals surface area contributed by atoms with E-state index in [-0.39, 0.29) is 40.2 Å². The first-order valence-electron chi connectivity index (χ1n) is 9.58. The summed E-state index contributed by atoms with van der Waals surface area (Å²) in [6.07, 6.45) is 1.26. The second-order valence-corrected chi connectivity index (χ2v) is 10.0. The van der Waals surface area contributed by atoms with Gasteiger partial charge in [0, 0.05) is 0 Å². The minimum Gasteiger partial charge on any atom is -0.369 e. The summed E-state index contributed by atoms with van der Waals surface area (Å²) in [5, 5.41) is 0. The van der Waals surface area contributed by atoms with Gasteiger partial charge in [-0.1, -0.05) is 20.8 Å². The van der Waals surface area contributed by atoms with Crippen molar-refractivity contribution in [2.45, 2.75) is 77.6 Å². The minimum absolute atomic E-state index is 0.0173. The van der Waals surface area contributed by atoms with Gasteiger partial charge in [-0.3, -0.25) is 14.3 Å². The van der Waals surface area contributed by atoms with Gasteiger partial charge < -0.3 is 19.9 Å². The minimum atomic E-state index is -0.579. The van der Waals surface area contributed by atoms with Crippen molar-refractivity contribution in [1.82, 2.24) is 19.5 Å². The van der Waals surface area contributed by atoms with Gasteiger partial charge in [-0.05, 0) is 32.6 Å². The Kier molecular flexibility index (Phi) is 4.16. The molecule has 4 atom stereocenters. The molecule has 2 aliphatic rings. The van der Waals surface area contributed by atoms with Crippen molar-refractivity contribution < 1.29 is 14.2 Å². The topological polar surface area (TPSA) is 117 Å². The van der Waals surface area contributed by atoms with Gasteiger partial charge in [-0.25, -0.2) is 4.98 Å². The molecule has 0 aromatic carbocycles. The van der Waals surface area contributed by atoms with Crippen LogP contribution in [0, 0.1) is 5.41 Å². The third kappa shape index (κ3) is 3.21. The van der Waals surface area contributed by atoms with E-state index in [9.17, 15) is 4.79 Å². The number of rotatable bonds is 3. The number of hydrogen-bond acceptors (Lipinski definition) is 7. The van der Waals surface area contributed by atoms with E-state index in [1.807, 2.05) is 20.8 Å². The van der Waals surface area contributed by atoms with Crippen LogP contribution in [0.3, 0.4) is 0 Å². The van der Waals surface area contributed by atoms with Crippen LogP contribution >= 0.6 is 0 Å². The van der Waals surface area contributed by atoms with E-state index >= 15 is 0 Å². The van der Waals surface area contributed by atoms with Crippen LogP contribution in [-0.2, 0) is 14.2 Å². The Balaban J connectivity index is 1.78. The predicted molar refractivity (Wildman–Crippen MR) is 104 cm³/mol. The third-order valence-corrected chi connectivity index (χ3v) is 5.01. The number of aromatic nitrogens is 4. The summed E-state index contributed by atoms with van der Waals surface area (Å²) >= 11 is 0. The van der Waals surface area contributed by atoms with Gasteiger partial charge in [-0.2, -0.15) is 4.98 Å². The quantitative estimate of drug-likeness (QED) is 0.821. The lowest BCUT2D eigenvalue weighted by Crippen LogP contribution is -2.47. The van der Waals surface area contributed by atoms with E-state index in [1.54, 1.807) is 10.9 Å². The first kappa shape index (κ1) is 19.4. The molecule has 0 spiro atoms. The molecule has 0 saturated carbocycles. The maximum Gasteiger partial charge on any atom is 0.280 e. The molecule has 4 rings (SSSR count). The van der Waals surface area contributed by atoms with Crippen molar-refractivity contribution in [2.75, 3.05) is 12.3 Å². The Labute approximate surface area is 163 Å². The molecule has 154 valence electrons. The highest BCUT2D eigenvalue weighted by Gasteiger charge is 2.64. The van der Waals surface area contributed by atoms with E-state index in [4.69, 9.17) is 19.9 Å². The number of nitrogens with two attached hydrogens (primary N) is 1. The molecule has 9 nitrogen and oxygen atoms in total. The van der Waals surface area contributed by atoms with Crippen LogP contribution in [0.2, 0.25) is 0 Å². The number of aromatic amines is 1. The van der Waals surface area contributed by atoms with Gasteiger partial charge in [0.05, 0.1) is 18.5 Å². The highest BCUT2D eigenvalue weighted by molar-refractivity contribution is 5.70. The first-order valence-corrected chi connectivity index (χ1v) is 9.58. The number of fused-ring (bicyclic) bond motifs is 3. The predicted octanol–water partition coefficient (Wildman–Crippen LogP) is 1.99. The van der Waals surface area contributed by atoms with Crippen LogP contribution < -0.4 is 11.3 Å². The molecule has 2 aromatic heterocycles. The molecule has 3 N–H and O–H groups in total. The van der Waals surface area contributed by atoms with Gasteiger partial charge in [0.1, 0.15) is 17.8 Å². The molecule has 28 heavy (non-hydrogen) atoms. The summed E-state index contributed by atoms with van der Waals surface area (Å²) in [6.45, 7) is 13.1. The van der Waals surface area contributed by atoms with Gasteiger partial charge in [0.2, 0.25) is 5.95 Å². The average Bonchev–Trinajstić information content (AvgIpc) is 3.14. The van der Waals surface area contributed by atoms with Crippen molar-refractivity contribution in [3.63, 3.8) is 0 Å². The molecule has 0 radical (unpaired) electrons. The molecular weight excluding hydrogens is 362 g/mol. The summed E-state index contributed by atoms with van der Waals surface area (Å²) in [4.78, 5) is 23.1. The number of hydrogen-bond donors (Lipinski definition) is 2. The smallest absolute Gasteiger partial charge is 0.280 e. The fraction of sp³-hybridized carbons (Fsp3) is 0.737. The summed E-state index contributed by atoms with van der Waals surface area (Å²) in [6, 6.07) is 0. The second kappa shape index (κ2) is 6.01. The molecule has 9 heteroatoms. The monoisotopic (exact) mass is 391 g/mol. The Hall–Kier alpha value is -1.97. The van der Waals surface area contributed by atoms with Gasteiger partial charge in [-0.15, -0.1) is 0 Å². The van der Waals surface area contributed by atoms with Crippen LogP contribution in [0.1, 0.15) is 54.2 Å². The Bertz CT molecular complexity index is 954. The molecule has 2 aromatic rings. The van der Waals surface area contributed by atoms with Crippen molar-refractivity contribution in [3.05, 3.63) is 16.7 Å². The standard InChI is InChI=1S/C19H29N5O4/c1-17(2,3)7-19-8-26-11(12(19)27-18(4,5)6)15(28-19)24-9-21-10-13(24)22-16(20)23-14(10)25/h9,11-12,15H,7-8H2,1-6H3,(H3,20,22,23,25)/t11-,12?,15+,19-/m0/s1. The van der Waals surface area contributed by atoms with E-state index in [0.717, 1.165) is 6.42 Å². The molecule has 4 heterocycles. The fourth-order valence-corrected chi connectivity index (χ4v) is 4.34. The number of anilines is 1. The summed E-state index contributed by atoms with van der Waals surface area (Å²) in [7, 11) is 0. The Morgan fingerprint density at radius 1 is 1.36 bits per heavy atom. The normalized spacial score (nSPS) is 30.4. The number of nitrogens with one attached hydrogen (secondary N) is 1. The lowest BCUT2D eigenvalue weighted by Gasteiger charge is -2.38. The molecule has 2 saturated heterocycles. The number of imidazole rings is 1. The van der Waals surface area contributed by atoms with Crippen molar-refractivity contribution >= 4 is 17.1 Å². The molecule has 2 aliphatic heterocycles. The second-order valence-electron chi connectivity index (χ2n) is 10.0. The van der Waals surface area contributed by atoms with Gasteiger partial charge >= 0.3 is 0 Å². The van der Waals surface area contributed by atoms with Gasteiger partial charge in [0.15, 0.2) is 17.4 Å². The molecule has 2 fully saturated rings. The Morgan fingerprint density at radius 2 is 2.07 bits per heavy atom. The van der Waals surface area contributed by atoms with Gasteiger partial charge in [0.25, 0.3) is 5.56 Å². The first-order chi connectivity index (χ1) is 12.9. The highest BCUT2D eigenvalue weighted by Crippen LogP contribution is 2.52. The molecule has 0 amide bonds. The molecular formula is C19H29N5O4. The summed E-state index contributed by atoms with van der Waals surface area (Å²) < 4.78 is 20.9. The van der Waals surface area contributed by atoms with E-state index in [0.29, 0.717) is 12.3 Å². The lowest BCUT2D eigenvalue weighted by molar-refractivity contribution is -0.187. The zero-order valence-electron chi connectivity index (χ0n) is 17.3. The Morgan fingerprint density at radius 3 is 2.71 bits per heavy atom. The summed E-state index contributed by atoms with van der Waals surface area (Å²) in [5.41, 5.74) is 5.05. The lowest BCUT2D eigenvalue weighted by atomic mass is 9.80. The fourth-order valence-electron chi connectivity index (χ4n) is 4.34. The van der Waals surface area contributed by atoms with Crippen LogP contribution in [0.4, 0.5) is 5.95 Å².